The summed E-state index contributed by atoms with van der Waals surface area (Å²) in [5.41, 5.74) is -0.539. The van der Waals surface area contributed by atoms with Crippen LogP contribution in [0.3, 0.4) is 0 Å². The maximum atomic E-state index is 14.1. The molecule has 3 fully saturated rings. The number of carbonyl (C=O) groups excluding carboxylic acids is 1. The normalized spacial score (nSPS) is 27.1. The van der Waals surface area contributed by atoms with Crippen molar-refractivity contribution >= 4 is 27.3 Å². The van der Waals surface area contributed by atoms with Crippen LogP contribution in [0.4, 0.5) is 8.78 Å². The number of carbonyl (C=O) groups is 1. The molecule has 30 heavy (non-hydrogen) atoms. The molecule has 0 radical (unpaired) electrons. The smallest absolute Gasteiger partial charge is 0.254 e. The molecule has 166 valence electrons. The summed E-state index contributed by atoms with van der Waals surface area (Å²) in [6.07, 6.45) is 8.00. The van der Waals surface area contributed by atoms with Crippen LogP contribution in [0.5, 0.6) is 0 Å². The highest BCUT2D eigenvalue weighted by molar-refractivity contribution is 7.92. The van der Waals surface area contributed by atoms with Crippen LogP contribution in [0.2, 0.25) is 5.02 Å². The molecule has 8 heteroatoms. The number of hydrogen-bond donors (Lipinski definition) is 1. The Morgan fingerprint density at radius 1 is 1.03 bits per heavy atom. The van der Waals surface area contributed by atoms with Gasteiger partial charge in [-0.2, -0.15) is 0 Å². The molecule has 0 heterocycles. The number of nitrogens with one attached hydrogen (secondary N) is 1. The van der Waals surface area contributed by atoms with Gasteiger partial charge >= 0.3 is 0 Å². The van der Waals surface area contributed by atoms with Crippen molar-refractivity contribution < 1.29 is 22.0 Å². The second-order valence-corrected chi connectivity index (χ2v) is 12.3. The van der Waals surface area contributed by atoms with Gasteiger partial charge in [-0.05, 0) is 74.3 Å². The zero-order chi connectivity index (χ0) is 21.5. The fourth-order valence-corrected chi connectivity index (χ4v) is 7.13. The molecule has 1 amide bonds. The molecule has 0 spiro atoms. The molecule has 0 bridgehead atoms. The molecule has 0 aliphatic heterocycles. The first-order valence-electron chi connectivity index (χ1n) is 10.8. The summed E-state index contributed by atoms with van der Waals surface area (Å²) in [6.45, 7) is 0.349. The molecular weight excluding hydrogens is 432 g/mol. The van der Waals surface area contributed by atoms with Gasteiger partial charge in [0.05, 0.1) is 21.6 Å². The van der Waals surface area contributed by atoms with Crippen molar-refractivity contribution in [2.24, 2.45) is 17.3 Å². The summed E-state index contributed by atoms with van der Waals surface area (Å²) in [4.78, 5) is 12.5. The van der Waals surface area contributed by atoms with Crippen LogP contribution < -0.4 is 5.32 Å². The molecule has 1 aromatic rings. The zero-order valence-electron chi connectivity index (χ0n) is 16.9. The number of hydrogen-bond acceptors (Lipinski definition) is 3. The molecule has 0 atom stereocenters. The van der Waals surface area contributed by atoms with E-state index in [0.29, 0.717) is 37.0 Å². The van der Waals surface area contributed by atoms with E-state index < -0.39 is 27.4 Å². The van der Waals surface area contributed by atoms with Gasteiger partial charge in [-0.15, -0.1) is 0 Å². The third kappa shape index (κ3) is 5.16. The summed E-state index contributed by atoms with van der Waals surface area (Å²) < 4.78 is 53.1. The largest absolute Gasteiger partial charge is 0.351 e. The van der Waals surface area contributed by atoms with Crippen LogP contribution in [0.1, 0.15) is 68.1 Å². The first-order chi connectivity index (χ1) is 14.2. The van der Waals surface area contributed by atoms with Gasteiger partial charge in [0.15, 0.2) is 9.84 Å². The minimum Gasteiger partial charge on any atom is -0.351 e. The highest BCUT2D eigenvalue weighted by Crippen LogP contribution is 2.48. The van der Waals surface area contributed by atoms with Crippen LogP contribution in [0.15, 0.2) is 12.1 Å². The van der Waals surface area contributed by atoms with E-state index in [2.05, 4.69) is 5.32 Å². The molecule has 3 aliphatic carbocycles. The minimum absolute atomic E-state index is 0.177. The van der Waals surface area contributed by atoms with Crippen molar-refractivity contribution in [2.45, 2.75) is 63.0 Å². The molecule has 4 rings (SSSR count). The summed E-state index contributed by atoms with van der Waals surface area (Å²) in [6, 6.07) is 1.63. The molecule has 0 aromatic heterocycles. The average molecular weight is 460 g/mol. The van der Waals surface area contributed by atoms with E-state index in [-0.39, 0.29) is 21.3 Å². The Bertz CT molecular complexity index is 921. The van der Waals surface area contributed by atoms with Crippen LogP contribution in [-0.4, -0.2) is 31.9 Å². The third-order valence-corrected chi connectivity index (χ3v) is 9.68. The van der Waals surface area contributed by atoms with Gasteiger partial charge in [0.25, 0.3) is 5.91 Å². The summed E-state index contributed by atoms with van der Waals surface area (Å²) in [5.74, 6) is -1.08. The van der Waals surface area contributed by atoms with E-state index in [1.807, 2.05) is 0 Å². The Hall–Kier alpha value is -1.21. The maximum Gasteiger partial charge on any atom is 0.254 e. The third-order valence-electron chi connectivity index (χ3n) is 6.96. The van der Waals surface area contributed by atoms with Crippen LogP contribution in [0.25, 0.3) is 0 Å². The van der Waals surface area contributed by atoms with E-state index in [4.69, 9.17) is 11.6 Å². The first kappa shape index (κ1) is 22.0. The van der Waals surface area contributed by atoms with Crippen molar-refractivity contribution in [3.05, 3.63) is 34.4 Å². The SMILES string of the molecule is O=C(NCC1(CC2CC2)CCC(S(=O)(=O)CC2CC2)CC1)c1cc(F)c(Cl)cc1F. The topological polar surface area (TPSA) is 63.2 Å². The van der Waals surface area contributed by atoms with E-state index >= 15 is 0 Å². The van der Waals surface area contributed by atoms with Gasteiger partial charge in [-0.1, -0.05) is 24.4 Å². The van der Waals surface area contributed by atoms with Gasteiger partial charge in [0.2, 0.25) is 0 Å². The lowest BCUT2D eigenvalue weighted by molar-refractivity contribution is 0.0891. The van der Waals surface area contributed by atoms with E-state index in [9.17, 15) is 22.0 Å². The molecule has 4 nitrogen and oxygen atoms in total. The monoisotopic (exact) mass is 459 g/mol. The Morgan fingerprint density at radius 3 is 2.27 bits per heavy atom. The standard InChI is InChI=1S/C22H28ClF2NO3S/c23-18-10-19(24)17(9-20(18)25)21(27)26-13-22(11-14-1-2-14)7-5-16(6-8-22)30(28,29)12-15-3-4-15/h9-10,14-16H,1-8,11-13H2,(H,26,27). The summed E-state index contributed by atoms with van der Waals surface area (Å²) in [5, 5.41) is 2.14. The average Bonchev–Trinajstić information content (AvgIpc) is 3.61. The lowest BCUT2D eigenvalue weighted by Crippen LogP contribution is -2.43. The number of benzene rings is 1. The van der Waals surface area contributed by atoms with Crippen LogP contribution in [0, 0.1) is 28.9 Å². The van der Waals surface area contributed by atoms with Crippen molar-refractivity contribution in [3.63, 3.8) is 0 Å². The summed E-state index contributed by atoms with van der Waals surface area (Å²) in [7, 11) is -3.06. The Labute approximate surface area is 181 Å². The molecule has 3 aliphatic rings. The lowest BCUT2D eigenvalue weighted by Gasteiger charge is -2.40. The number of sulfone groups is 1. The Balaban J connectivity index is 1.41. The van der Waals surface area contributed by atoms with E-state index in [1.165, 1.54) is 0 Å². The summed E-state index contributed by atoms with van der Waals surface area (Å²) >= 11 is 5.57. The van der Waals surface area contributed by atoms with Crippen molar-refractivity contribution in [1.29, 1.82) is 0 Å². The highest BCUT2D eigenvalue weighted by Gasteiger charge is 2.43. The molecule has 3 saturated carbocycles. The van der Waals surface area contributed by atoms with E-state index in [0.717, 1.165) is 57.1 Å². The van der Waals surface area contributed by atoms with Gasteiger partial charge in [-0.25, -0.2) is 17.2 Å². The predicted octanol–water partition coefficient (Wildman–Crippen LogP) is 4.90. The molecule has 1 N–H and O–H groups in total. The number of amides is 1. The van der Waals surface area contributed by atoms with Gasteiger partial charge in [0.1, 0.15) is 11.6 Å². The Morgan fingerprint density at radius 2 is 1.67 bits per heavy atom. The number of halogens is 3. The fraction of sp³-hybridized carbons (Fsp3) is 0.682. The van der Waals surface area contributed by atoms with Gasteiger partial charge in [0, 0.05) is 6.54 Å². The second kappa shape index (κ2) is 8.38. The Kier molecular flexibility index (Phi) is 6.14. The molecular formula is C22H28ClF2NO3S. The van der Waals surface area contributed by atoms with Crippen LogP contribution in [-0.2, 0) is 9.84 Å². The molecule has 1 aromatic carbocycles. The molecule has 0 saturated heterocycles. The lowest BCUT2D eigenvalue weighted by atomic mass is 9.70. The van der Waals surface area contributed by atoms with E-state index in [1.54, 1.807) is 0 Å². The van der Waals surface area contributed by atoms with Crippen molar-refractivity contribution in [1.82, 2.24) is 5.32 Å². The predicted molar refractivity (Wildman–Crippen MR) is 112 cm³/mol. The van der Waals surface area contributed by atoms with Crippen LogP contribution >= 0.6 is 11.6 Å². The zero-order valence-corrected chi connectivity index (χ0v) is 18.5. The molecule has 0 unspecified atom stereocenters. The minimum atomic E-state index is -3.06. The second-order valence-electron chi connectivity index (χ2n) is 9.55. The van der Waals surface area contributed by atoms with Crippen molar-refractivity contribution in [3.8, 4) is 0 Å². The van der Waals surface area contributed by atoms with Gasteiger partial charge in [-0.3, -0.25) is 4.79 Å². The van der Waals surface area contributed by atoms with Gasteiger partial charge < -0.3 is 5.32 Å². The first-order valence-corrected chi connectivity index (χ1v) is 12.9. The quantitative estimate of drug-likeness (QED) is 0.562. The fourth-order valence-electron chi connectivity index (χ4n) is 4.76. The maximum absolute atomic E-state index is 14.1. The highest BCUT2D eigenvalue weighted by atomic mass is 35.5. The van der Waals surface area contributed by atoms with Crippen molar-refractivity contribution in [2.75, 3.05) is 12.3 Å². The number of rotatable bonds is 8.